The van der Waals surface area contributed by atoms with Gasteiger partial charge in [-0.2, -0.15) is 0 Å². The highest BCUT2D eigenvalue weighted by Gasteiger charge is 2.49. The highest BCUT2D eigenvalue weighted by Crippen LogP contribution is 2.60. The van der Waals surface area contributed by atoms with E-state index in [4.69, 9.17) is 0 Å². The molecule has 5 aliphatic carbocycles. The lowest BCUT2D eigenvalue weighted by Crippen LogP contribution is -2.34. The number of alkyl halides is 1. The number of halogens is 1. The van der Waals surface area contributed by atoms with E-state index in [-0.39, 0.29) is 0 Å². The molecule has 26 heavy (non-hydrogen) atoms. The van der Waals surface area contributed by atoms with Crippen molar-refractivity contribution in [3.05, 3.63) is 22.8 Å². The van der Waals surface area contributed by atoms with Crippen molar-refractivity contribution < 1.29 is 0 Å². The van der Waals surface area contributed by atoms with Crippen molar-refractivity contribution in [2.45, 2.75) is 94.8 Å². The Morgan fingerprint density at radius 2 is 1.73 bits per heavy atom. The summed E-state index contributed by atoms with van der Waals surface area (Å²) in [6, 6.07) is 0. The fraction of sp³-hybridized carbons (Fsp3) is 0.840. The summed E-state index contributed by atoms with van der Waals surface area (Å²) in [4.78, 5) is 0. The second kappa shape index (κ2) is 6.92. The van der Waals surface area contributed by atoms with Crippen molar-refractivity contribution >= 4 is 22.6 Å². The van der Waals surface area contributed by atoms with Gasteiger partial charge in [-0.05, 0) is 112 Å². The lowest BCUT2D eigenvalue weighted by atomic mass is 9.62. The first-order valence-corrected chi connectivity index (χ1v) is 12.8. The first-order chi connectivity index (χ1) is 12.5. The molecule has 0 amide bonds. The van der Waals surface area contributed by atoms with Crippen LogP contribution in [-0.2, 0) is 0 Å². The molecule has 0 aliphatic heterocycles. The summed E-state index contributed by atoms with van der Waals surface area (Å²) in [6.45, 7) is 5.19. The molecule has 0 heterocycles. The van der Waals surface area contributed by atoms with Crippen molar-refractivity contribution in [3.63, 3.8) is 0 Å². The van der Waals surface area contributed by atoms with E-state index in [1.165, 1.54) is 77.0 Å². The van der Waals surface area contributed by atoms with Crippen molar-refractivity contribution in [2.24, 2.45) is 35.0 Å². The average Bonchev–Trinajstić information content (AvgIpc) is 2.89. The molecule has 2 fully saturated rings. The fourth-order valence-electron chi connectivity index (χ4n) is 7.86. The van der Waals surface area contributed by atoms with Gasteiger partial charge in [0.05, 0.1) is 0 Å². The average molecular weight is 464 g/mol. The first-order valence-electron chi connectivity index (χ1n) is 11.6. The number of hydrogen-bond donors (Lipinski definition) is 0. The van der Waals surface area contributed by atoms with Crippen LogP contribution in [0.2, 0.25) is 0 Å². The van der Waals surface area contributed by atoms with E-state index in [9.17, 15) is 0 Å². The van der Waals surface area contributed by atoms with E-state index in [0.29, 0.717) is 5.41 Å². The molecular weight excluding hydrogens is 427 g/mol. The summed E-state index contributed by atoms with van der Waals surface area (Å²) in [7, 11) is 0. The van der Waals surface area contributed by atoms with Crippen LogP contribution in [0.5, 0.6) is 0 Å². The van der Waals surface area contributed by atoms with Crippen LogP contribution in [0.25, 0.3) is 0 Å². The van der Waals surface area contributed by atoms with Gasteiger partial charge in [-0.25, -0.2) is 0 Å². The van der Waals surface area contributed by atoms with Gasteiger partial charge in [0, 0.05) is 3.92 Å². The summed E-state index contributed by atoms with van der Waals surface area (Å²) in [6.07, 6.45) is 20.4. The normalized spacial score (nSPS) is 44.8. The van der Waals surface area contributed by atoms with Crippen LogP contribution in [0.4, 0.5) is 0 Å². The van der Waals surface area contributed by atoms with Gasteiger partial charge in [0.1, 0.15) is 0 Å². The molecule has 0 spiro atoms. The zero-order chi connectivity index (χ0) is 17.9. The quantitative estimate of drug-likeness (QED) is 0.210. The van der Waals surface area contributed by atoms with Gasteiger partial charge in [0.25, 0.3) is 0 Å². The molecular formula is C25H37I. The van der Waals surface area contributed by atoms with Crippen LogP contribution in [0.1, 0.15) is 90.9 Å². The molecule has 0 saturated heterocycles. The molecule has 6 atom stereocenters. The second-order valence-corrected chi connectivity index (χ2v) is 12.6. The van der Waals surface area contributed by atoms with E-state index in [2.05, 4.69) is 42.5 Å². The number of fused-ring (bicyclic) bond motifs is 3. The maximum absolute atomic E-state index is 2.75. The Balaban J connectivity index is 1.31. The third-order valence-electron chi connectivity index (χ3n) is 9.31. The Kier molecular flexibility index (Phi) is 4.86. The highest BCUT2D eigenvalue weighted by atomic mass is 127. The number of allylic oxidation sites excluding steroid dienone is 4. The predicted molar refractivity (Wildman–Crippen MR) is 120 cm³/mol. The van der Waals surface area contributed by atoms with Gasteiger partial charge in [-0.15, -0.1) is 0 Å². The third kappa shape index (κ3) is 2.98. The molecule has 0 nitrogen and oxygen atoms in total. The van der Waals surface area contributed by atoms with Gasteiger partial charge in [-0.1, -0.05) is 59.2 Å². The number of rotatable bonds is 1. The molecule has 5 unspecified atom stereocenters. The number of hydrogen-bond acceptors (Lipinski definition) is 0. The predicted octanol–water partition coefficient (Wildman–Crippen LogP) is 7.87. The van der Waals surface area contributed by atoms with Crippen LogP contribution in [0, 0.1) is 35.0 Å². The van der Waals surface area contributed by atoms with E-state index in [1.54, 1.807) is 0 Å². The molecule has 0 aromatic carbocycles. The molecule has 5 aliphatic rings. The van der Waals surface area contributed by atoms with Crippen molar-refractivity contribution in [1.82, 2.24) is 0 Å². The van der Waals surface area contributed by atoms with Crippen LogP contribution in [0.15, 0.2) is 22.8 Å². The maximum atomic E-state index is 2.75. The van der Waals surface area contributed by atoms with Gasteiger partial charge in [0.15, 0.2) is 0 Å². The SMILES string of the molecule is CC1(C)C2=C(CCCC2)C2CC=C(C3CCC4CC(I)CC[C@H]4C3)CC21. The Morgan fingerprint density at radius 1 is 0.962 bits per heavy atom. The summed E-state index contributed by atoms with van der Waals surface area (Å²) < 4.78 is 0.969. The minimum atomic E-state index is 0.483. The van der Waals surface area contributed by atoms with Crippen LogP contribution < -0.4 is 0 Å². The maximum Gasteiger partial charge on any atom is 0.0112 e. The molecule has 144 valence electrons. The standard InChI is InChI=1S/C25H37I/c1-25(2)23-6-4-3-5-21(23)22-12-10-19(15-24(22)25)16-7-8-18-14-20(26)11-9-17(18)13-16/h10,16-18,20,22,24H,3-9,11-15H2,1-2H3/t16?,17-,18?,20?,22?,24?/m0/s1. The summed E-state index contributed by atoms with van der Waals surface area (Å²) in [5.41, 5.74) is 6.20. The molecule has 2 saturated carbocycles. The van der Waals surface area contributed by atoms with E-state index in [0.717, 1.165) is 33.5 Å². The Labute approximate surface area is 174 Å². The van der Waals surface area contributed by atoms with Gasteiger partial charge >= 0.3 is 0 Å². The third-order valence-corrected chi connectivity index (χ3v) is 10.4. The highest BCUT2D eigenvalue weighted by molar-refractivity contribution is 14.1. The van der Waals surface area contributed by atoms with Crippen LogP contribution in [-0.4, -0.2) is 3.92 Å². The van der Waals surface area contributed by atoms with Gasteiger partial charge < -0.3 is 0 Å². The smallest absolute Gasteiger partial charge is 0.0112 e. The zero-order valence-electron chi connectivity index (χ0n) is 16.9. The summed E-state index contributed by atoms with van der Waals surface area (Å²) >= 11 is 2.71. The first kappa shape index (κ1) is 18.3. The van der Waals surface area contributed by atoms with Gasteiger partial charge in [0.2, 0.25) is 0 Å². The van der Waals surface area contributed by atoms with Crippen molar-refractivity contribution in [3.8, 4) is 0 Å². The molecule has 1 heteroatoms. The largest absolute Gasteiger partial charge is 0.0844 e. The lowest BCUT2D eigenvalue weighted by Gasteiger charge is -2.44. The fourth-order valence-corrected chi connectivity index (χ4v) is 8.88. The molecule has 0 aromatic rings. The molecule has 0 radical (unpaired) electrons. The Morgan fingerprint density at radius 3 is 2.62 bits per heavy atom. The second-order valence-electron chi connectivity index (χ2n) is 10.8. The van der Waals surface area contributed by atoms with Gasteiger partial charge in [-0.3, -0.25) is 0 Å². The molecule has 0 bridgehead atoms. The minimum Gasteiger partial charge on any atom is -0.0844 e. The topological polar surface area (TPSA) is 0 Å². The molecule has 5 rings (SSSR count). The van der Waals surface area contributed by atoms with Crippen LogP contribution in [0.3, 0.4) is 0 Å². The van der Waals surface area contributed by atoms with Crippen molar-refractivity contribution in [2.75, 3.05) is 0 Å². The van der Waals surface area contributed by atoms with Crippen molar-refractivity contribution in [1.29, 1.82) is 0 Å². The summed E-state index contributed by atoms with van der Waals surface area (Å²) in [5.74, 6) is 4.90. The summed E-state index contributed by atoms with van der Waals surface area (Å²) in [5, 5.41) is 0. The minimum absolute atomic E-state index is 0.483. The van der Waals surface area contributed by atoms with E-state index < -0.39 is 0 Å². The lowest BCUT2D eigenvalue weighted by molar-refractivity contribution is 0.138. The van der Waals surface area contributed by atoms with E-state index in [1.807, 2.05) is 16.7 Å². The zero-order valence-corrected chi connectivity index (χ0v) is 19.1. The monoisotopic (exact) mass is 464 g/mol. The Hall–Kier alpha value is 0.210. The van der Waals surface area contributed by atoms with Crippen LogP contribution >= 0.6 is 22.6 Å². The van der Waals surface area contributed by atoms with E-state index >= 15 is 0 Å². The Bertz CT molecular complexity index is 624. The molecule has 0 N–H and O–H groups in total. The molecule has 0 aromatic heterocycles.